The Morgan fingerprint density at radius 2 is 2.06 bits per heavy atom. The van der Waals surface area contributed by atoms with Gasteiger partial charge in [0.1, 0.15) is 5.75 Å². The van der Waals surface area contributed by atoms with Crippen LogP contribution in [0.15, 0.2) is 23.4 Å². The number of benzene rings is 1. The maximum Gasteiger partial charge on any atom is 0.150 e. The van der Waals surface area contributed by atoms with Gasteiger partial charge in [0.15, 0.2) is 5.69 Å². The fourth-order valence-electron chi connectivity index (χ4n) is 2.24. The molecule has 1 heterocycles. The molecule has 0 saturated heterocycles. The van der Waals surface area contributed by atoms with Crippen molar-refractivity contribution in [1.29, 1.82) is 0 Å². The lowest BCUT2D eigenvalue weighted by atomic mass is 9.91. The maximum absolute atomic E-state index is 10.7. The highest BCUT2D eigenvalue weighted by molar-refractivity contribution is 5.84. The van der Waals surface area contributed by atoms with E-state index < -0.39 is 0 Å². The molecule has 1 aliphatic heterocycles. The first-order chi connectivity index (χ1) is 7.96. The second-order valence-electron chi connectivity index (χ2n) is 4.83. The van der Waals surface area contributed by atoms with Crippen LogP contribution in [0.5, 0.6) is 5.75 Å². The van der Waals surface area contributed by atoms with Crippen LogP contribution in [0.3, 0.4) is 0 Å². The van der Waals surface area contributed by atoms with Gasteiger partial charge in [-0.2, -0.15) is 0 Å². The first-order valence-electron chi connectivity index (χ1n) is 5.50. The van der Waals surface area contributed by atoms with E-state index in [0.717, 1.165) is 16.8 Å². The number of nitrogens with zero attached hydrogens (tertiary/aromatic N) is 1. The van der Waals surface area contributed by atoms with Gasteiger partial charge in [0, 0.05) is 17.3 Å². The minimum atomic E-state index is -0.0990. The molecule has 0 atom stereocenters. The number of nitrogens with one attached hydrogen (secondary N) is 1. The monoisotopic (exact) mass is 232 g/mol. The van der Waals surface area contributed by atoms with Gasteiger partial charge in [0.05, 0.1) is 12.6 Å². The summed E-state index contributed by atoms with van der Waals surface area (Å²) in [6.45, 7) is 6.22. The van der Waals surface area contributed by atoms with Crippen molar-refractivity contribution in [3.63, 3.8) is 0 Å². The summed E-state index contributed by atoms with van der Waals surface area (Å²) in [5, 5.41) is 6.38. The van der Waals surface area contributed by atoms with Crippen LogP contribution in [-0.2, 0) is 0 Å². The Morgan fingerprint density at radius 1 is 1.35 bits per heavy atom. The number of methoxy groups -OCH3 is 1. The number of nitroso groups, excluding NO2 is 1. The largest absolute Gasteiger partial charge is 0.494 e. The molecule has 0 bridgehead atoms. The summed E-state index contributed by atoms with van der Waals surface area (Å²) in [7, 11) is 1.53. The van der Waals surface area contributed by atoms with Gasteiger partial charge in [-0.1, -0.05) is 6.08 Å². The highest BCUT2D eigenvalue weighted by Gasteiger charge is 2.24. The third-order valence-corrected chi connectivity index (χ3v) is 2.88. The second kappa shape index (κ2) is 3.87. The van der Waals surface area contributed by atoms with E-state index in [-0.39, 0.29) is 5.54 Å². The molecule has 1 N–H and O–H groups in total. The average molecular weight is 232 g/mol. The van der Waals surface area contributed by atoms with Gasteiger partial charge in [-0.3, -0.25) is 0 Å². The number of hydrogen-bond acceptors (Lipinski definition) is 4. The summed E-state index contributed by atoms with van der Waals surface area (Å²) in [5.41, 5.74) is 3.34. The summed E-state index contributed by atoms with van der Waals surface area (Å²) >= 11 is 0. The lowest BCUT2D eigenvalue weighted by Gasteiger charge is -2.31. The molecule has 0 fully saturated rings. The van der Waals surface area contributed by atoms with Crippen LogP contribution in [0.1, 0.15) is 26.3 Å². The average Bonchev–Trinajstić information content (AvgIpc) is 2.26. The second-order valence-corrected chi connectivity index (χ2v) is 4.83. The number of rotatable bonds is 2. The zero-order valence-electron chi connectivity index (χ0n) is 10.5. The smallest absolute Gasteiger partial charge is 0.150 e. The SMILES string of the molecule is COc1cc2c(cc1N=O)C(C)=CC(C)(C)N2. The number of ether oxygens (including phenoxy) is 1. The molecule has 0 saturated carbocycles. The molecule has 0 radical (unpaired) electrons. The van der Waals surface area contributed by atoms with Gasteiger partial charge >= 0.3 is 0 Å². The highest BCUT2D eigenvalue weighted by atomic mass is 16.5. The standard InChI is InChI=1S/C13H16N2O2/c1-8-7-13(2,3)14-10-6-12(17-4)11(15-16)5-9(8)10/h5-7,14H,1-4H3. The van der Waals surface area contributed by atoms with Gasteiger partial charge in [0.25, 0.3) is 0 Å². The Labute approximate surface area is 101 Å². The molecule has 1 aliphatic rings. The van der Waals surface area contributed by atoms with E-state index in [4.69, 9.17) is 4.74 Å². The molecule has 1 aromatic carbocycles. The number of hydrogen-bond donors (Lipinski definition) is 1. The Hall–Kier alpha value is -1.84. The van der Waals surface area contributed by atoms with Crippen LogP contribution in [0.2, 0.25) is 0 Å². The molecule has 0 amide bonds. The van der Waals surface area contributed by atoms with E-state index >= 15 is 0 Å². The first kappa shape index (κ1) is 11.6. The van der Waals surface area contributed by atoms with Gasteiger partial charge in [0.2, 0.25) is 0 Å². The third-order valence-electron chi connectivity index (χ3n) is 2.88. The Bertz CT molecular complexity index is 504. The minimum absolute atomic E-state index is 0.0990. The predicted molar refractivity (Wildman–Crippen MR) is 69.8 cm³/mol. The lowest BCUT2D eigenvalue weighted by Crippen LogP contribution is -2.31. The van der Waals surface area contributed by atoms with Gasteiger partial charge in [-0.05, 0) is 37.6 Å². The van der Waals surface area contributed by atoms with E-state index in [1.807, 2.05) is 13.0 Å². The molecule has 1 aromatic rings. The van der Waals surface area contributed by atoms with E-state index in [1.54, 1.807) is 6.07 Å². The molecule has 0 unspecified atom stereocenters. The molecule has 4 nitrogen and oxygen atoms in total. The Morgan fingerprint density at radius 3 is 2.65 bits per heavy atom. The van der Waals surface area contributed by atoms with Crippen molar-refractivity contribution in [2.24, 2.45) is 5.18 Å². The molecular formula is C13H16N2O2. The van der Waals surface area contributed by atoms with Crippen molar-refractivity contribution in [3.05, 3.63) is 28.7 Å². The number of allylic oxidation sites excluding steroid dienone is 1. The van der Waals surface area contributed by atoms with Crippen LogP contribution < -0.4 is 10.1 Å². The molecule has 4 heteroatoms. The molecule has 0 aromatic heterocycles. The Kier molecular flexibility index (Phi) is 2.65. The Balaban J connectivity index is 2.61. The third kappa shape index (κ3) is 2.02. The molecule has 0 spiro atoms. The molecule has 0 aliphatic carbocycles. The van der Waals surface area contributed by atoms with Crippen molar-refractivity contribution >= 4 is 16.9 Å². The van der Waals surface area contributed by atoms with Crippen LogP contribution >= 0.6 is 0 Å². The molecule has 2 rings (SSSR count). The summed E-state index contributed by atoms with van der Waals surface area (Å²) in [6, 6.07) is 3.58. The molecular weight excluding hydrogens is 216 g/mol. The highest BCUT2D eigenvalue weighted by Crippen LogP contribution is 2.40. The quantitative estimate of drug-likeness (QED) is 0.791. The van der Waals surface area contributed by atoms with Crippen LogP contribution in [0, 0.1) is 4.91 Å². The maximum atomic E-state index is 10.7. The first-order valence-corrected chi connectivity index (χ1v) is 5.50. The van der Waals surface area contributed by atoms with Gasteiger partial charge in [-0.25, -0.2) is 0 Å². The summed E-state index contributed by atoms with van der Waals surface area (Å²) < 4.78 is 5.15. The fourth-order valence-corrected chi connectivity index (χ4v) is 2.24. The van der Waals surface area contributed by atoms with E-state index in [0.29, 0.717) is 11.4 Å². The van der Waals surface area contributed by atoms with Gasteiger partial charge in [-0.15, -0.1) is 4.91 Å². The fraction of sp³-hybridized carbons (Fsp3) is 0.385. The molecule has 90 valence electrons. The topological polar surface area (TPSA) is 50.7 Å². The zero-order valence-corrected chi connectivity index (χ0v) is 10.5. The lowest BCUT2D eigenvalue weighted by molar-refractivity contribution is 0.416. The van der Waals surface area contributed by atoms with E-state index in [2.05, 4.69) is 30.4 Å². The van der Waals surface area contributed by atoms with Crippen LogP contribution in [0.4, 0.5) is 11.4 Å². The van der Waals surface area contributed by atoms with Gasteiger partial charge < -0.3 is 10.1 Å². The number of anilines is 1. The minimum Gasteiger partial charge on any atom is -0.494 e. The van der Waals surface area contributed by atoms with E-state index in [1.165, 1.54) is 7.11 Å². The number of fused-ring (bicyclic) bond motifs is 1. The summed E-state index contributed by atoms with van der Waals surface area (Å²) in [5.74, 6) is 0.497. The zero-order chi connectivity index (χ0) is 12.6. The van der Waals surface area contributed by atoms with Crippen molar-refractivity contribution in [3.8, 4) is 5.75 Å². The van der Waals surface area contributed by atoms with Crippen LogP contribution in [0.25, 0.3) is 5.57 Å². The van der Waals surface area contributed by atoms with Crippen molar-refractivity contribution in [2.45, 2.75) is 26.3 Å². The normalized spacial score (nSPS) is 16.6. The van der Waals surface area contributed by atoms with Crippen molar-refractivity contribution in [1.82, 2.24) is 0 Å². The van der Waals surface area contributed by atoms with Crippen molar-refractivity contribution < 1.29 is 4.74 Å². The summed E-state index contributed by atoms with van der Waals surface area (Å²) in [4.78, 5) is 10.7. The molecule has 17 heavy (non-hydrogen) atoms. The summed E-state index contributed by atoms with van der Waals surface area (Å²) in [6.07, 6.45) is 2.14. The van der Waals surface area contributed by atoms with Crippen LogP contribution in [-0.4, -0.2) is 12.6 Å². The van der Waals surface area contributed by atoms with E-state index in [9.17, 15) is 4.91 Å². The van der Waals surface area contributed by atoms with Crippen molar-refractivity contribution in [2.75, 3.05) is 12.4 Å². The predicted octanol–water partition coefficient (Wildman–Crippen LogP) is 3.70.